The van der Waals surface area contributed by atoms with Gasteiger partial charge in [0, 0.05) is 19.1 Å². The van der Waals surface area contributed by atoms with Crippen molar-refractivity contribution in [1.29, 1.82) is 0 Å². The summed E-state index contributed by atoms with van der Waals surface area (Å²) in [6, 6.07) is 4.06. The van der Waals surface area contributed by atoms with E-state index in [2.05, 4.69) is 18.3 Å². The maximum Gasteiger partial charge on any atom is 0.142 e. The molecule has 0 aliphatic carbocycles. The van der Waals surface area contributed by atoms with Gasteiger partial charge in [-0.25, -0.2) is 0 Å². The molecule has 2 N–H and O–H groups in total. The van der Waals surface area contributed by atoms with E-state index in [-0.39, 0.29) is 6.61 Å². The third kappa shape index (κ3) is 1.79. The van der Waals surface area contributed by atoms with Gasteiger partial charge in [0.05, 0.1) is 12.8 Å². The summed E-state index contributed by atoms with van der Waals surface area (Å²) < 4.78 is 5.31. The molecule has 82 valence electrons. The molecule has 3 heteroatoms. The number of methoxy groups -OCH3 is 1. The molecule has 15 heavy (non-hydrogen) atoms. The number of fused-ring (bicyclic) bond motifs is 1. The normalized spacial score (nSPS) is 19.3. The van der Waals surface area contributed by atoms with Gasteiger partial charge in [0.15, 0.2) is 0 Å². The van der Waals surface area contributed by atoms with Crippen LogP contribution in [-0.4, -0.2) is 25.4 Å². The van der Waals surface area contributed by atoms with Crippen LogP contribution in [0.3, 0.4) is 0 Å². The van der Waals surface area contributed by atoms with E-state index in [1.165, 1.54) is 11.1 Å². The van der Waals surface area contributed by atoms with E-state index in [0.717, 1.165) is 24.4 Å². The first-order valence-electron chi connectivity index (χ1n) is 5.27. The number of hydrogen-bond donors (Lipinski definition) is 2. The minimum atomic E-state index is 0.239. The average Bonchev–Trinajstić information content (AvgIpc) is 2.29. The maximum absolute atomic E-state index is 9.16. The van der Waals surface area contributed by atoms with Crippen LogP contribution < -0.4 is 10.1 Å². The van der Waals surface area contributed by atoms with Gasteiger partial charge in [0.1, 0.15) is 5.75 Å². The second kappa shape index (κ2) is 4.11. The Kier molecular flexibility index (Phi) is 2.82. The van der Waals surface area contributed by atoms with Crippen molar-refractivity contribution in [3.8, 4) is 5.75 Å². The highest BCUT2D eigenvalue weighted by molar-refractivity contribution is 5.65. The summed E-state index contributed by atoms with van der Waals surface area (Å²) >= 11 is 0. The van der Waals surface area contributed by atoms with Gasteiger partial charge in [-0.1, -0.05) is 6.07 Å². The van der Waals surface area contributed by atoms with Gasteiger partial charge in [-0.3, -0.25) is 0 Å². The Morgan fingerprint density at radius 3 is 3.00 bits per heavy atom. The number of hydrogen-bond acceptors (Lipinski definition) is 3. The van der Waals surface area contributed by atoms with Crippen LogP contribution in [0.1, 0.15) is 11.1 Å². The molecule has 0 radical (unpaired) electrons. The molecule has 0 fully saturated rings. The molecule has 1 aliphatic heterocycles. The zero-order valence-electron chi connectivity index (χ0n) is 9.21. The average molecular weight is 207 g/mol. The lowest BCUT2D eigenvalue weighted by atomic mass is 9.91. The fourth-order valence-corrected chi connectivity index (χ4v) is 2.09. The van der Waals surface area contributed by atoms with Gasteiger partial charge in [-0.15, -0.1) is 0 Å². The smallest absolute Gasteiger partial charge is 0.142 e. The maximum atomic E-state index is 9.16. The molecular weight excluding hydrogens is 190 g/mol. The molecule has 1 atom stereocenters. The number of nitrogens with one attached hydrogen (secondary N) is 1. The van der Waals surface area contributed by atoms with Crippen LogP contribution in [0.2, 0.25) is 0 Å². The van der Waals surface area contributed by atoms with Crippen molar-refractivity contribution in [3.63, 3.8) is 0 Å². The minimum Gasteiger partial charge on any atom is -0.495 e. The van der Waals surface area contributed by atoms with E-state index in [9.17, 15) is 0 Å². The van der Waals surface area contributed by atoms with Crippen molar-refractivity contribution in [2.45, 2.75) is 13.3 Å². The van der Waals surface area contributed by atoms with Crippen molar-refractivity contribution in [1.82, 2.24) is 0 Å². The minimum absolute atomic E-state index is 0.239. The number of aliphatic hydroxyl groups excluding tert-OH is 1. The van der Waals surface area contributed by atoms with Crippen LogP contribution in [-0.2, 0) is 6.42 Å². The molecule has 1 aromatic carbocycles. The van der Waals surface area contributed by atoms with Crippen molar-refractivity contribution < 1.29 is 9.84 Å². The predicted molar refractivity (Wildman–Crippen MR) is 60.5 cm³/mol. The van der Waals surface area contributed by atoms with Gasteiger partial charge in [-0.2, -0.15) is 0 Å². The second-order valence-corrected chi connectivity index (χ2v) is 4.07. The molecule has 1 heterocycles. The lowest BCUT2D eigenvalue weighted by molar-refractivity contribution is 0.230. The SMILES string of the molecule is COc1ccc(C)c2c1NCC(CO)C2. The van der Waals surface area contributed by atoms with Crippen molar-refractivity contribution in [2.75, 3.05) is 25.6 Å². The Bertz CT molecular complexity index is 363. The Labute approximate surface area is 90.1 Å². The fourth-order valence-electron chi connectivity index (χ4n) is 2.09. The Morgan fingerprint density at radius 2 is 2.33 bits per heavy atom. The van der Waals surface area contributed by atoms with Crippen LogP contribution >= 0.6 is 0 Å². The summed E-state index contributed by atoms with van der Waals surface area (Å²) in [5.41, 5.74) is 3.64. The second-order valence-electron chi connectivity index (χ2n) is 4.07. The molecule has 3 nitrogen and oxygen atoms in total. The van der Waals surface area contributed by atoms with E-state index in [1.54, 1.807) is 7.11 Å². The van der Waals surface area contributed by atoms with Crippen LogP contribution in [0.4, 0.5) is 5.69 Å². The van der Waals surface area contributed by atoms with E-state index in [1.807, 2.05) is 6.07 Å². The molecule has 0 saturated heterocycles. The lowest BCUT2D eigenvalue weighted by Crippen LogP contribution is -2.26. The Balaban J connectivity index is 2.40. The molecule has 1 aliphatic rings. The van der Waals surface area contributed by atoms with E-state index in [0.29, 0.717) is 5.92 Å². The first-order chi connectivity index (χ1) is 7.26. The molecule has 1 unspecified atom stereocenters. The molecule has 0 aromatic heterocycles. The Hall–Kier alpha value is -1.22. The molecule has 0 spiro atoms. The number of ether oxygens (including phenoxy) is 1. The highest BCUT2D eigenvalue weighted by Crippen LogP contribution is 2.35. The van der Waals surface area contributed by atoms with E-state index in [4.69, 9.17) is 9.84 Å². The van der Waals surface area contributed by atoms with Crippen molar-refractivity contribution in [2.24, 2.45) is 5.92 Å². The van der Waals surface area contributed by atoms with Gasteiger partial charge >= 0.3 is 0 Å². The Morgan fingerprint density at radius 1 is 1.53 bits per heavy atom. The summed E-state index contributed by atoms with van der Waals surface area (Å²) in [5, 5.41) is 12.5. The number of rotatable bonds is 2. The molecule has 2 rings (SSSR count). The van der Waals surface area contributed by atoms with Crippen LogP contribution in [0.5, 0.6) is 5.75 Å². The first-order valence-corrected chi connectivity index (χ1v) is 5.27. The highest BCUT2D eigenvalue weighted by atomic mass is 16.5. The summed E-state index contributed by atoms with van der Waals surface area (Å²) in [7, 11) is 1.69. The summed E-state index contributed by atoms with van der Waals surface area (Å²) in [5.74, 6) is 1.22. The van der Waals surface area contributed by atoms with Gasteiger partial charge in [-0.05, 0) is 30.5 Å². The molecule has 0 bridgehead atoms. The van der Waals surface area contributed by atoms with Crippen LogP contribution in [0, 0.1) is 12.8 Å². The topological polar surface area (TPSA) is 41.5 Å². The molecule has 1 aromatic rings. The zero-order valence-corrected chi connectivity index (χ0v) is 9.21. The predicted octanol–water partition coefficient (Wildman–Crippen LogP) is 1.58. The fraction of sp³-hybridized carbons (Fsp3) is 0.500. The van der Waals surface area contributed by atoms with E-state index >= 15 is 0 Å². The van der Waals surface area contributed by atoms with Crippen LogP contribution in [0.15, 0.2) is 12.1 Å². The molecule has 0 amide bonds. The van der Waals surface area contributed by atoms with E-state index < -0.39 is 0 Å². The largest absolute Gasteiger partial charge is 0.495 e. The van der Waals surface area contributed by atoms with Gasteiger partial charge in [0.25, 0.3) is 0 Å². The number of anilines is 1. The standard InChI is InChI=1S/C12H17NO2/c1-8-3-4-11(15-2)12-10(8)5-9(7-14)6-13-12/h3-4,9,13-14H,5-7H2,1-2H3. The monoisotopic (exact) mass is 207 g/mol. The zero-order chi connectivity index (χ0) is 10.8. The first kappa shape index (κ1) is 10.3. The third-order valence-corrected chi connectivity index (χ3v) is 3.05. The van der Waals surface area contributed by atoms with Crippen molar-refractivity contribution >= 4 is 5.69 Å². The number of benzene rings is 1. The number of aryl methyl sites for hydroxylation is 1. The number of aliphatic hydroxyl groups is 1. The molecule has 0 saturated carbocycles. The van der Waals surface area contributed by atoms with Crippen LogP contribution in [0.25, 0.3) is 0 Å². The highest BCUT2D eigenvalue weighted by Gasteiger charge is 2.21. The molecular formula is C12H17NO2. The van der Waals surface area contributed by atoms with Gasteiger partial charge < -0.3 is 15.2 Å². The summed E-state index contributed by atoms with van der Waals surface area (Å²) in [6.45, 7) is 3.16. The third-order valence-electron chi connectivity index (χ3n) is 3.05. The van der Waals surface area contributed by atoms with Crippen molar-refractivity contribution in [3.05, 3.63) is 23.3 Å². The summed E-state index contributed by atoms with van der Waals surface area (Å²) in [4.78, 5) is 0. The lowest BCUT2D eigenvalue weighted by Gasteiger charge is -2.27. The quantitative estimate of drug-likeness (QED) is 0.773. The van der Waals surface area contributed by atoms with Gasteiger partial charge in [0.2, 0.25) is 0 Å². The summed E-state index contributed by atoms with van der Waals surface area (Å²) in [6.07, 6.45) is 0.932.